The minimum atomic E-state index is -0.736. The lowest BCUT2D eigenvalue weighted by Gasteiger charge is -2.26. The highest BCUT2D eigenvalue weighted by atomic mass is 16.5. The van der Waals surface area contributed by atoms with Gasteiger partial charge in [0.25, 0.3) is 11.8 Å². The molecule has 0 aliphatic carbocycles. The van der Waals surface area contributed by atoms with Crippen LogP contribution in [0, 0.1) is 0 Å². The number of methoxy groups -OCH3 is 1. The first-order valence-corrected chi connectivity index (χ1v) is 8.77. The van der Waals surface area contributed by atoms with E-state index < -0.39 is 17.8 Å². The zero-order chi connectivity index (χ0) is 20.1. The normalized spacial score (nSPS) is 15.6. The summed E-state index contributed by atoms with van der Waals surface area (Å²) in [6.45, 7) is 2.41. The van der Waals surface area contributed by atoms with E-state index in [1.807, 2.05) is 25.1 Å². The number of amides is 4. The van der Waals surface area contributed by atoms with Crippen LogP contribution >= 0.6 is 0 Å². The van der Waals surface area contributed by atoms with Crippen molar-refractivity contribution in [1.82, 2.24) is 10.2 Å². The Morgan fingerprint density at radius 2 is 1.79 bits per heavy atom. The summed E-state index contributed by atoms with van der Waals surface area (Å²) in [7, 11) is 1.51. The lowest BCUT2D eigenvalue weighted by molar-refractivity contribution is -0.130. The number of barbiturate groups is 1. The van der Waals surface area contributed by atoms with Gasteiger partial charge in [-0.25, -0.2) is 4.79 Å². The highest BCUT2D eigenvalue weighted by Gasteiger charge is 2.35. The highest BCUT2D eigenvalue weighted by molar-refractivity contribution is 6.30. The minimum absolute atomic E-state index is 0.0721. The summed E-state index contributed by atoms with van der Waals surface area (Å²) in [5.74, 6) is -0.331. The van der Waals surface area contributed by atoms with E-state index in [1.54, 1.807) is 30.3 Å². The number of rotatable bonds is 6. The maximum Gasteiger partial charge on any atom is 0.331 e. The number of nitrogens with one attached hydrogen (secondary N) is 1. The molecule has 0 spiro atoms. The molecule has 1 aliphatic rings. The molecule has 1 saturated heterocycles. The first-order chi connectivity index (χ1) is 13.5. The molecule has 0 radical (unpaired) electrons. The maximum atomic E-state index is 12.8. The van der Waals surface area contributed by atoms with Gasteiger partial charge in [0.05, 0.1) is 20.3 Å². The van der Waals surface area contributed by atoms with Gasteiger partial charge in [0.15, 0.2) is 11.5 Å². The highest BCUT2D eigenvalue weighted by Crippen LogP contribution is 2.29. The average Bonchev–Trinajstić information content (AvgIpc) is 2.70. The van der Waals surface area contributed by atoms with Gasteiger partial charge in [-0.2, -0.15) is 0 Å². The molecule has 4 amide bonds. The molecular weight excluding hydrogens is 360 g/mol. The van der Waals surface area contributed by atoms with Crippen LogP contribution in [0.2, 0.25) is 0 Å². The van der Waals surface area contributed by atoms with Crippen LogP contribution in [0.3, 0.4) is 0 Å². The largest absolute Gasteiger partial charge is 0.493 e. The maximum absolute atomic E-state index is 12.8. The van der Waals surface area contributed by atoms with Gasteiger partial charge in [0.1, 0.15) is 5.57 Å². The third-order valence-corrected chi connectivity index (χ3v) is 4.17. The molecule has 7 heteroatoms. The van der Waals surface area contributed by atoms with Gasteiger partial charge in [-0.3, -0.25) is 19.8 Å². The van der Waals surface area contributed by atoms with Crippen molar-refractivity contribution < 1.29 is 23.9 Å². The summed E-state index contributed by atoms with van der Waals surface area (Å²) < 4.78 is 10.8. The molecule has 7 nitrogen and oxygen atoms in total. The van der Waals surface area contributed by atoms with Gasteiger partial charge in [0.2, 0.25) is 0 Å². The van der Waals surface area contributed by atoms with Crippen LogP contribution in [0.5, 0.6) is 11.5 Å². The molecule has 28 heavy (non-hydrogen) atoms. The number of benzene rings is 2. The summed E-state index contributed by atoms with van der Waals surface area (Å²) in [6.07, 6.45) is 1.43. The Hall–Kier alpha value is -3.61. The molecule has 0 bridgehead atoms. The third kappa shape index (κ3) is 4.03. The number of urea groups is 1. The van der Waals surface area contributed by atoms with Crippen molar-refractivity contribution in [3.8, 4) is 11.5 Å². The second-order valence-corrected chi connectivity index (χ2v) is 6.04. The monoisotopic (exact) mass is 380 g/mol. The van der Waals surface area contributed by atoms with E-state index in [0.717, 1.165) is 10.5 Å². The van der Waals surface area contributed by atoms with E-state index in [1.165, 1.54) is 13.2 Å². The number of carbonyl (C=O) groups excluding carboxylic acids is 3. The van der Waals surface area contributed by atoms with Crippen LogP contribution in [-0.2, 0) is 16.1 Å². The fourth-order valence-electron chi connectivity index (χ4n) is 2.82. The Balaban J connectivity index is 1.90. The first-order valence-electron chi connectivity index (χ1n) is 8.77. The number of hydrogen-bond acceptors (Lipinski definition) is 5. The number of imide groups is 2. The van der Waals surface area contributed by atoms with Crippen molar-refractivity contribution in [3.05, 3.63) is 65.2 Å². The van der Waals surface area contributed by atoms with Crippen molar-refractivity contribution >= 4 is 23.9 Å². The summed E-state index contributed by atoms with van der Waals surface area (Å²) >= 11 is 0. The van der Waals surface area contributed by atoms with Crippen LogP contribution in [0.25, 0.3) is 6.08 Å². The van der Waals surface area contributed by atoms with Crippen molar-refractivity contribution in [2.75, 3.05) is 13.7 Å². The van der Waals surface area contributed by atoms with E-state index in [-0.39, 0.29) is 12.1 Å². The van der Waals surface area contributed by atoms with Crippen LogP contribution in [0.15, 0.2) is 54.1 Å². The average molecular weight is 380 g/mol. The molecule has 1 fully saturated rings. The summed E-state index contributed by atoms with van der Waals surface area (Å²) in [4.78, 5) is 38.2. The topological polar surface area (TPSA) is 84.9 Å². The van der Waals surface area contributed by atoms with Crippen LogP contribution in [0.4, 0.5) is 4.79 Å². The van der Waals surface area contributed by atoms with Gasteiger partial charge >= 0.3 is 6.03 Å². The molecule has 0 unspecified atom stereocenters. The molecule has 0 saturated carbocycles. The number of nitrogens with zero attached hydrogens (tertiary/aromatic N) is 1. The van der Waals surface area contributed by atoms with E-state index in [4.69, 9.17) is 9.47 Å². The van der Waals surface area contributed by atoms with E-state index in [2.05, 4.69) is 5.32 Å². The Kier molecular flexibility index (Phi) is 5.74. The lowest BCUT2D eigenvalue weighted by atomic mass is 10.1. The number of carbonyl (C=O) groups is 3. The van der Waals surface area contributed by atoms with Gasteiger partial charge in [-0.1, -0.05) is 36.4 Å². The van der Waals surface area contributed by atoms with Crippen molar-refractivity contribution in [3.63, 3.8) is 0 Å². The minimum Gasteiger partial charge on any atom is -0.493 e. The molecule has 1 N–H and O–H groups in total. The SMILES string of the molecule is CCOc1ccc(/C=C2/C(=O)NC(=O)N(Cc3ccccc3)C2=O)cc1OC. The molecule has 2 aromatic carbocycles. The standard InChI is InChI=1S/C21H20N2O5/c1-3-28-17-10-9-15(12-18(17)27-2)11-16-19(24)22-21(26)23(20(16)25)13-14-7-5-4-6-8-14/h4-12H,3,13H2,1-2H3,(H,22,24,26)/b16-11-. The smallest absolute Gasteiger partial charge is 0.331 e. The zero-order valence-electron chi connectivity index (χ0n) is 15.6. The number of hydrogen-bond donors (Lipinski definition) is 1. The lowest BCUT2D eigenvalue weighted by Crippen LogP contribution is -2.53. The number of ether oxygens (including phenoxy) is 2. The van der Waals surface area contributed by atoms with Crippen LogP contribution < -0.4 is 14.8 Å². The summed E-state index contributed by atoms with van der Waals surface area (Å²) in [6, 6.07) is 13.4. The van der Waals surface area contributed by atoms with Gasteiger partial charge in [-0.05, 0) is 36.3 Å². The Morgan fingerprint density at radius 3 is 2.46 bits per heavy atom. The zero-order valence-corrected chi connectivity index (χ0v) is 15.6. The summed E-state index contributed by atoms with van der Waals surface area (Å²) in [5, 5.41) is 2.21. The van der Waals surface area contributed by atoms with Gasteiger partial charge in [-0.15, -0.1) is 0 Å². The quantitative estimate of drug-likeness (QED) is 0.615. The van der Waals surface area contributed by atoms with Crippen molar-refractivity contribution in [2.24, 2.45) is 0 Å². The second kappa shape index (κ2) is 8.39. The van der Waals surface area contributed by atoms with E-state index in [0.29, 0.717) is 23.7 Å². The predicted octanol–water partition coefficient (Wildman–Crippen LogP) is 2.76. The van der Waals surface area contributed by atoms with E-state index >= 15 is 0 Å². The first kappa shape index (κ1) is 19.2. The Morgan fingerprint density at radius 1 is 1.04 bits per heavy atom. The van der Waals surface area contributed by atoms with Crippen molar-refractivity contribution in [2.45, 2.75) is 13.5 Å². The van der Waals surface area contributed by atoms with E-state index in [9.17, 15) is 14.4 Å². The molecule has 0 aromatic heterocycles. The molecule has 3 rings (SSSR count). The third-order valence-electron chi connectivity index (χ3n) is 4.17. The Bertz CT molecular complexity index is 937. The second-order valence-electron chi connectivity index (χ2n) is 6.04. The fourth-order valence-corrected chi connectivity index (χ4v) is 2.82. The van der Waals surface area contributed by atoms with Crippen LogP contribution in [-0.4, -0.2) is 36.5 Å². The fraction of sp³-hybridized carbons (Fsp3) is 0.190. The molecule has 0 atom stereocenters. The molecule has 144 valence electrons. The molecular formula is C21H20N2O5. The molecule has 1 heterocycles. The Labute approximate surface area is 162 Å². The molecule has 2 aromatic rings. The van der Waals surface area contributed by atoms with Gasteiger partial charge < -0.3 is 9.47 Å². The van der Waals surface area contributed by atoms with Crippen molar-refractivity contribution in [1.29, 1.82) is 0 Å². The summed E-state index contributed by atoms with van der Waals surface area (Å²) in [5.41, 5.74) is 1.23. The van der Waals surface area contributed by atoms with Gasteiger partial charge in [0, 0.05) is 0 Å². The molecule has 1 aliphatic heterocycles. The van der Waals surface area contributed by atoms with Crippen LogP contribution in [0.1, 0.15) is 18.1 Å². The predicted molar refractivity (Wildman–Crippen MR) is 103 cm³/mol.